The monoisotopic (exact) mass is 399 g/mol. The second-order valence-corrected chi connectivity index (χ2v) is 7.09. The van der Waals surface area contributed by atoms with Crippen LogP contribution in [0.2, 0.25) is 0 Å². The number of allylic oxidation sites excluding steroid dienone is 1. The number of fused-ring (bicyclic) bond motifs is 1. The lowest BCUT2D eigenvalue weighted by atomic mass is 10.0. The molecule has 8 heteroatoms. The Kier molecular flexibility index (Phi) is 6.87. The van der Waals surface area contributed by atoms with E-state index in [9.17, 15) is 4.79 Å². The van der Waals surface area contributed by atoms with Gasteiger partial charge in [-0.25, -0.2) is 4.99 Å². The van der Waals surface area contributed by atoms with Gasteiger partial charge in [-0.05, 0) is 24.6 Å². The second kappa shape index (κ2) is 9.56. The second-order valence-electron chi connectivity index (χ2n) is 7.09. The number of piperazine rings is 1. The van der Waals surface area contributed by atoms with E-state index in [0.717, 1.165) is 37.7 Å². The molecule has 0 saturated carbocycles. The third-order valence-corrected chi connectivity index (χ3v) is 5.07. The van der Waals surface area contributed by atoms with Crippen molar-refractivity contribution in [2.24, 2.45) is 9.98 Å². The van der Waals surface area contributed by atoms with E-state index in [4.69, 9.17) is 9.47 Å². The number of nitrogens with zero attached hydrogens (tertiary/aromatic N) is 4. The van der Waals surface area contributed by atoms with E-state index in [1.54, 1.807) is 7.05 Å². The zero-order chi connectivity index (χ0) is 20.8. The number of carbonyl (C=O) groups excluding carboxylic acids is 1. The van der Waals surface area contributed by atoms with Gasteiger partial charge in [0.2, 0.25) is 11.9 Å². The lowest BCUT2D eigenvalue weighted by Gasteiger charge is -2.38. The minimum absolute atomic E-state index is 0.168. The smallest absolute Gasteiger partial charge is 0.221 e. The molecule has 0 spiro atoms. The predicted molar refractivity (Wildman–Crippen MR) is 114 cm³/mol. The van der Waals surface area contributed by atoms with Gasteiger partial charge in [-0.1, -0.05) is 12.6 Å². The number of hydrogen-bond acceptors (Lipinski definition) is 5. The van der Waals surface area contributed by atoms with Gasteiger partial charge in [-0.3, -0.25) is 14.7 Å². The zero-order valence-electron chi connectivity index (χ0n) is 17.4. The number of amides is 1. The number of ether oxygens (including phenoxy) is 2. The van der Waals surface area contributed by atoms with Gasteiger partial charge in [0.1, 0.15) is 13.2 Å². The van der Waals surface area contributed by atoms with Gasteiger partial charge in [-0.15, -0.1) is 0 Å². The Bertz CT molecular complexity index is 813. The summed E-state index contributed by atoms with van der Waals surface area (Å²) in [4.78, 5) is 24.3. The van der Waals surface area contributed by atoms with Crippen LogP contribution in [0.15, 0.2) is 40.5 Å². The molecule has 1 aromatic rings. The maximum absolute atomic E-state index is 11.1. The molecule has 1 atom stereocenters. The van der Waals surface area contributed by atoms with Gasteiger partial charge in [0.15, 0.2) is 11.5 Å². The van der Waals surface area contributed by atoms with E-state index >= 15 is 0 Å². The zero-order valence-corrected chi connectivity index (χ0v) is 17.4. The summed E-state index contributed by atoms with van der Waals surface area (Å²) in [6, 6.07) is 6.47. The van der Waals surface area contributed by atoms with E-state index in [1.807, 2.05) is 6.07 Å². The molecule has 0 aliphatic carbocycles. The van der Waals surface area contributed by atoms with Crippen molar-refractivity contribution in [3.63, 3.8) is 0 Å². The quantitative estimate of drug-likeness (QED) is 0.617. The maximum atomic E-state index is 11.1. The molecule has 1 N–H and O–H groups in total. The van der Waals surface area contributed by atoms with Crippen molar-refractivity contribution < 1.29 is 14.3 Å². The summed E-state index contributed by atoms with van der Waals surface area (Å²) in [6.07, 6.45) is 1.54. The molecule has 0 unspecified atom stereocenters. The van der Waals surface area contributed by atoms with Gasteiger partial charge >= 0.3 is 0 Å². The van der Waals surface area contributed by atoms with Crippen LogP contribution in [0, 0.1) is 0 Å². The van der Waals surface area contributed by atoms with Crippen LogP contribution in [0.5, 0.6) is 11.5 Å². The summed E-state index contributed by atoms with van der Waals surface area (Å²) < 4.78 is 11.3. The van der Waals surface area contributed by atoms with Gasteiger partial charge < -0.3 is 19.7 Å². The number of benzene rings is 1. The Morgan fingerprint density at radius 3 is 2.55 bits per heavy atom. The summed E-state index contributed by atoms with van der Waals surface area (Å²) >= 11 is 0. The summed E-state index contributed by atoms with van der Waals surface area (Å²) in [6.45, 7) is 12.1. The average molecular weight is 399 g/mol. The fourth-order valence-electron chi connectivity index (χ4n) is 3.51. The molecular formula is C21H29N5O3. The van der Waals surface area contributed by atoms with Crippen LogP contribution in [0.25, 0.3) is 0 Å². The largest absolute Gasteiger partial charge is 0.486 e. The SMILES string of the molecule is C=C(/C=N\C(=N/C)N1CCN([C@@H](C)c2ccc3c(c2)OCCO3)CC1)NC(C)=O. The van der Waals surface area contributed by atoms with E-state index in [2.05, 4.69) is 50.7 Å². The van der Waals surface area contributed by atoms with E-state index in [1.165, 1.54) is 18.7 Å². The first-order valence-electron chi connectivity index (χ1n) is 9.84. The predicted octanol–water partition coefficient (Wildman–Crippen LogP) is 1.84. The minimum Gasteiger partial charge on any atom is -0.486 e. The van der Waals surface area contributed by atoms with Crippen LogP contribution >= 0.6 is 0 Å². The summed E-state index contributed by atoms with van der Waals surface area (Å²) in [7, 11) is 1.72. The van der Waals surface area contributed by atoms with Gasteiger partial charge in [-0.2, -0.15) is 0 Å². The van der Waals surface area contributed by atoms with Crippen molar-refractivity contribution in [3.05, 3.63) is 36.0 Å². The number of hydrogen-bond donors (Lipinski definition) is 1. The molecule has 0 aromatic heterocycles. The van der Waals surface area contributed by atoms with Crippen molar-refractivity contribution in [2.75, 3.05) is 46.4 Å². The topological polar surface area (TPSA) is 78.8 Å². The standard InChI is InChI=1S/C21H29N5O3/c1-15(24-17(3)27)14-23-21(22-4)26-9-7-25(8-10-26)16(2)18-5-6-19-20(13-18)29-12-11-28-19/h5-6,13-14,16H,1,7-12H2,2-4H3,(H,24,27)/b22-21+,23-14-/t16-/m0/s1. The number of aliphatic imine (C=N–C) groups is 2. The van der Waals surface area contributed by atoms with E-state index < -0.39 is 0 Å². The van der Waals surface area contributed by atoms with Crippen molar-refractivity contribution in [1.82, 2.24) is 15.1 Å². The minimum atomic E-state index is -0.168. The van der Waals surface area contributed by atoms with Crippen LogP contribution < -0.4 is 14.8 Å². The molecule has 1 saturated heterocycles. The van der Waals surface area contributed by atoms with Crippen molar-refractivity contribution >= 4 is 18.1 Å². The van der Waals surface area contributed by atoms with Crippen molar-refractivity contribution in [1.29, 1.82) is 0 Å². The number of rotatable bonds is 4. The molecule has 1 fully saturated rings. The lowest BCUT2D eigenvalue weighted by Crippen LogP contribution is -2.49. The Hall–Kier alpha value is -2.87. The van der Waals surface area contributed by atoms with Crippen LogP contribution in [0.4, 0.5) is 0 Å². The Morgan fingerprint density at radius 1 is 1.21 bits per heavy atom. The van der Waals surface area contributed by atoms with Crippen LogP contribution in [-0.4, -0.2) is 74.3 Å². The molecule has 8 nitrogen and oxygen atoms in total. The Morgan fingerprint density at radius 2 is 1.90 bits per heavy atom. The van der Waals surface area contributed by atoms with Crippen molar-refractivity contribution in [3.8, 4) is 11.5 Å². The molecule has 2 aliphatic heterocycles. The third-order valence-electron chi connectivity index (χ3n) is 5.07. The van der Waals surface area contributed by atoms with E-state index in [0.29, 0.717) is 24.9 Å². The first-order valence-corrected chi connectivity index (χ1v) is 9.84. The molecule has 29 heavy (non-hydrogen) atoms. The number of carbonyl (C=O) groups is 1. The number of guanidine groups is 1. The lowest BCUT2D eigenvalue weighted by molar-refractivity contribution is -0.118. The highest BCUT2D eigenvalue weighted by Crippen LogP contribution is 2.34. The molecule has 0 bridgehead atoms. The maximum Gasteiger partial charge on any atom is 0.221 e. The highest BCUT2D eigenvalue weighted by molar-refractivity contribution is 5.95. The molecule has 1 amide bonds. The Labute approximate surface area is 171 Å². The summed E-state index contributed by atoms with van der Waals surface area (Å²) in [5, 5.41) is 2.60. The number of nitrogens with one attached hydrogen (secondary N) is 1. The van der Waals surface area contributed by atoms with E-state index in [-0.39, 0.29) is 11.9 Å². The molecule has 2 heterocycles. The highest BCUT2D eigenvalue weighted by Gasteiger charge is 2.24. The molecule has 1 aromatic carbocycles. The van der Waals surface area contributed by atoms with Gasteiger partial charge in [0.05, 0.1) is 11.9 Å². The molecule has 0 radical (unpaired) electrons. The van der Waals surface area contributed by atoms with Crippen LogP contribution in [-0.2, 0) is 4.79 Å². The average Bonchev–Trinajstić information content (AvgIpc) is 2.73. The van der Waals surface area contributed by atoms with Crippen LogP contribution in [0.1, 0.15) is 25.5 Å². The third kappa shape index (κ3) is 5.35. The fraction of sp³-hybridized carbons (Fsp3) is 0.476. The fourth-order valence-corrected chi connectivity index (χ4v) is 3.51. The molecular weight excluding hydrogens is 370 g/mol. The molecule has 2 aliphatic rings. The first-order chi connectivity index (χ1) is 14.0. The highest BCUT2D eigenvalue weighted by atomic mass is 16.6. The Balaban J connectivity index is 1.57. The summed E-state index contributed by atoms with van der Waals surface area (Å²) in [5.74, 6) is 2.12. The molecule has 3 rings (SSSR count). The van der Waals surface area contributed by atoms with Gasteiger partial charge in [0.25, 0.3) is 0 Å². The van der Waals surface area contributed by atoms with Crippen LogP contribution in [0.3, 0.4) is 0 Å². The van der Waals surface area contributed by atoms with Crippen molar-refractivity contribution in [2.45, 2.75) is 19.9 Å². The molecule has 156 valence electrons. The summed E-state index contributed by atoms with van der Waals surface area (Å²) in [5.41, 5.74) is 1.67. The first kappa shape index (κ1) is 20.9. The van der Waals surface area contributed by atoms with Gasteiger partial charge in [0, 0.05) is 46.2 Å². The normalized spacial score (nSPS) is 18.6.